The van der Waals surface area contributed by atoms with Crippen LogP contribution in [0, 0.1) is 6.92 Å². The quantitative estimate of drug-likeness (QED) is 0.0974. The summed E-state index contributed by atoms with van der Waals surface area (Å²) in [5, 5.41) is 1.98. The first kappa shape index (κ1) is 60.7. The highest BCUT2D eigenvalue weighted by Gasteiger charge is 2.25. The second-order valence-electron chi connectivity index (χ2n) is 21.1. The van der Waals surface area contributed by atoms with Crippen LogP contribution in [-0.4, -0.2) is 216 Å². The summed E-state index contributed by atoms with van der Waals surface area (Å²) < 4.78 is 5.30. The molecule has 0 spiro atoms. The van der Waals surface area contributed by atoms with Gasteiger partial charge in [-0.15, -0.1) is 0 Å². The lowest BCUT2D eigenvalue weighted by Gasteiger charge is -2.37. The predicted molar refractivity (Wildman–Crippen MR) is 344 cm³/mol. The van der Waals surface area contributed by atoms with Crippen molar-refractivity contribution in [1.82, 2.24) is 105 Å². The number of piperazine rings is 2. The van der Waals surface area contributed by atoms with E-state index in [2.05, 4.69) is 154 Å². The van der Waals surface area contributed by atoms with Crippen LogP contribution in [-0.2, 0) is 4.74 Å². The molecule has 5 aliphatic rings. The maximum absolute atomic E-state index is 6.15. The van der Waals surface area contributed by atoms with Gasteiger partial charge in [0, 0.05) is 102 Å². The van der Waals surface area contributed by atoms with Crippen LogP contribution in [0.2, 0.25) is 31.4 Å². The number of rotatable bonds is 6. The van der Waals surface area contributed by atoms with Crippen molar-refractivity contribution in [3.8, 4) is 0 Å². The van der Waals surface area contributed by atoms with Crippen molar-refractivity contribution in [2.24, 2.45) is 0 Å². The number of likely N-dealkylation sites (N-methyl/N-ethyl adjacent to an activating group) is 1. The van der Waals surface area contributed by atoms with Crippen LogP contribution in [0.1, 0.15) is 37.7 Å². The Kier molecular flexibility index (Phi) is 19.2. The second-order valence-corrected chi connectivity index (χ2v) is 23.3. The first-order valence-corrected chi connectivity index (χ1v) is 31.0. The fourth-order valence-corrected chi connectivity index (χ4v) is 12.0. The van der Waals surface area contributed by atoms with Gasteiger partial charge in [0.15, 0.2) is 57.3 Å². The molecule has 34 heteroatoms. The van der Waals surface area contributed by atoms with Gasteiger partial charge in [-0.1, -0.05) is 17.7 Å². The van der Waals surface area contributed by atoms with Crippen LogP contribution in [0.3, 0.4) is 0 Å². The molecule has 0 bridgehead atoms. The molecule has 15 heterocycles. The first-order chi connectivity index (χ1) is 42.9. The molecule has 5 aliphatic heterocycles. The Hall–Kier alpha value is -7.57. The third-order valence-corrected chi connectivity index (χ3v) is 16.5. The Bertz CT molecular complexity index is 4030. The van der Waals surface area contributed by atoms with Crippen molar-refractivity contribution >= 4 is 160 Å². The van der Waals surface area contributed by atoms with Gasteiger partial charge >= 0.3 is 0 Å². The van der Waals surface area contributed by atoms with E-state index in [1.165, 1.54) is 43.4 Å². The molecule has 11 aromatic rings. The number of benzene rings is 1. The number of imidazole rings is 5. The molecule has 5 N–H and O–H groups in total. The van der Waals surface area contributed by atoms with Gasteiger partial charge in [0.2, 0.25) is 26.4 Å². The average molecular weight is 1320 g/mol. The van der Waals surface area contributed by atoms with Crippen LogP contribution in [0.5, 0.6) is 0 Å². The SMILES string of the molecule is CN1CCN(c2nc(Cl)nc3nc[nH]c23)CC1.Cc1ccc(Cl)cc1N1CCN(c2nc(Cl)nc3nc[nH]c23)CC1.Clc1nc(N2CCCC2)c2[nH]cnc2n1.Clc1nc(N2CCCCC2)c2[nH]cnc2n1.Clc1nc(N2CCOCC2)c2[nH]cnc2n1. The summed E-state index contributed by atoms with van der Waals surface area (Å²) in [6.07, 6.45) is 14.2. The minimum absolute atomic E-state index is 0.220. The number of morpholine rings is 1. The lowest BCUT2D eigenvalue weighted by molar-refractivity contribution is 0.122. The van der Waals surface area contributed by atoms with Gasteiger partial charge < -0.3 is 64.0 Å². The molecule has 5 fully saturated rings. The van der Waals surface area contributed by atoms with Crippen molar-refractivity contribution < 1.29 is 4.74 Å². The smallest absolute Gasteiger partial charge is 0.226 e. The van der Waals surface area contributed by atoms with E-state index in [0.717, 1.165) is 153 Å². The highest BCUT2D eigenvalue weighted by atomic mass is 35.5. The van der Waals surface area contributed by atoms with Crippen LogP contribution < -0.4 is 29.4 Å². The summed E-state index contributed by atoms with van der Waals surface area (Å²) in [7, 11) is 2.12. The lowest BCUT2D eigenvalue weighted by atomic mass is 10.1. The maximum Gasteiger partial charge on any atom is 0.226 e. The van der Waals surface area contributed by atoms with Crippen molar-refractivity contribution in [2.75, 3.05) is 141 Å². The van der Waals surface area contributed by atoms with Crippen LogP contribution in [0.25, 0.3) is 55.8 Å². The minimum atomic E-state index is 0.220. The summed E-state index contributed by atoms with van der Waals surface area (Å²) in [4.78, 5) is 93.5. The van der Waals surface area contributed by atoms with E-state index in [9.17, 15) is 0 Å². The predicted octanol–water partition coefficient (Wildman–Crippen LogP) is 8.50. The largest absolute Gasteiger partial charge is 0.378 e. The third-order valence-electron chi connectivity index (χ3n) is 15.5. The number of hydrogen-bond donors (Lipinski definition) is 5. The van der Waals surface area contributed by atoms with Gasteiger partial charge in [-0.05, 0) is 122 Å². The second kappa shape index (κ2) is 27.9. The summed E-state index contributed by atoms with van der Waals surface area (Å²) in [5.41, 5.74) is 9.78. The normalized spacial score (nSPS) is 16.6. The first-order valence-electron chi connectivity index (χ1n) is 28.7. The lowest BCUT2D eigenvalue weighted by Crippen LogP contribution is -2.47. The number of anilines is 6. The molecule has 1 aromatic carbocycles. The van der Waals surface area contributed by atoms with Crippen LogP contribution >= 0.6 is 69.6 Å². The molecule has 0 saturated carbocycles. The van der Waals surface area contributed by atoms with Gasteiger partial charge in [0.25, 0.3) is 0 Å². The van der Waals surface area contributed by atoms with Crippen molar-refractivity contribution in [3.05, 3.63) is 86.8 Å². The van der Waals surface area contributed by atoms with Gasteiger partial charge in [-0.25, -0.2) is 24.9 Å². The number of aryl methyl sites for hydroxylation is 1. The highest BCUT2D eigenvalue weighted by molar-refractivity contribution is 6.31. The van der Waals surface area contributed by atoms with E-state index >= 15 is 0 Å². The Labute approximate surface area is 533 Å². The Balaban J connectivity index is 0.000000108. The van der Waals surface area contributed by atoms with Gasteiger partial charge in [-0.2, -0.15) is 49.8 Å². The number of aromatic nitrogens is 20. The van der Waals surface area contributed by atoms with Crippen LogP contribution in [0.15, 0.2) is 49.8 Å². The zero-order valence-electron chi connectivity index (χ0n) is 48.0. The number of aromatic amines is 5. The fraction of sp³-hybridized carbons (Fsp3) is 0.426. The van der Waals surface area contributed by atoms with Gasteiger partial charge in [0.05, 0.1) is 44.9 Å². The van der Waals surface area contributed by atoms with Gasteiger partial charge in [-0.3, -0.25) is 0 Å². The molecule has 0 radical (unpaired) electrons. The molecule has 0 aliphatic carbocycles. The summed E-state index contributed by atoms with van der Waals surface area (Å²) >= 11 is 35.7. The molecule has 88 heavy (non-hydrogen) atoms. The van der Waals surface area contributed by atoms with Crippen molar-refractivity contribution in [2.45, 2.75) is 39.0 Å². The molecular weight excluding hydrogens is 1260 g/mol. The highest BCUT2D eigenvalue weighted by Crippen LogP contribution is 2.31. The Morgan fingerprint density at radius 2 is 0.648 bits per heavy atom. The molecule has 460 valence electrons. The number of ether oxygens (including phenoxy) is 1. The number of fused-ring (bicyclic) bond motifs is 5. The van der Waals surface area contributed by atoms with Crippen molar-refractivity contribution in [3.63, 3.8) is 0 Å². The Morgan fingerprint density at radius 1 is 0.352 bits per heavy atom. The van der Waals surface area contributed by atoms with E-state index < -0.39 is 0 Å². The van der Waals surface area contributed by atoms with E-state index in [-0.39, 0.29) is 26.4 Å². The number of piperidine rings is 1. The topological polar surface area (TPSA) is 304 Å². The molecule has 0 unspecified atom stereocenters. The van der Waals surface area contributed by atoms with Gasteiger partial charge in [0.1, 0.15) is 27.6 Å². The van der Waals surface area contributed by atoms with Crippen LogP contribution in [0.4, 0.5) is 34.8 Å². The van der Waals surface area contributed by atoms with E-state index in [0.29, 0.717) is 41.4 Å². The number of nitrogens with zero attached hydrogens (tertiary/aromatic N) is 22. The number of nitrogens with one attached hydrogen (secondary N) is 5. The number of halogens is 6. The minimum Gasteiger partial charge on any atom is -0.378 e. The monoisotopic (exact) mass is 1310 g/mol. The maximum atomic E-state index is 6.15. The summed E-state index contributed by atoms with van der Waals surface area (Å²) in [6, 6.07) is 6.01. The average Bonchev–Trinajstić information content (AvgIpc) is 4.28. The molecular formula is C54H61Cl6N27O. The Morgan fingerprint density at radius 3 is 1.00 bits per heavy atom. The van der Waals surface area contributed by atoms with Crippen molar-refractivity contribution in [1.29, 1.82) is 0 Å². The zero-order chi connectivity index (χ0) is 60.7. The van der Waals surface area contributed by atoms with E-state index in [1.54, 1.807) is 31.6 Å². The molecule has 5 saturated heterocycles. The molecule has 16 rings (SSSR count). The molecule has 0 atom stereocenters. The zero-order valence-corrected chi connectivity index (χ0v) is 52.5. The fourth-order valence-electron chi connectivity index (χ4n) is 11.0. The standard InChI is InChI=1S/C16H16Cl2N6.C10H13ClN6.C10H12ClN5.C9H10ClN5O.C9H10ClN5/c1-10-2-3-11(17)8-12(10)23-4-6-24(7-5-23)15-13-14(20-9-19-13)21-16(18)22-15;1-16-2-4-17(5-3-16)9-7-8(13-6-12-7)14-10(11)15-9;11-10-14-8-7(12-6-13-8)9(15-10)16-4-2-1-3-5-16;10-9-13-7-6(11-5-12-7)8(14-9)15-1-3-16-4-2-15;10-9-13-7-6(11-5-12-7)8(14-9)15-3-1-2-4-15/h2-3,8-9H,4-7H2,1H3,(H,19,20,21,22);6H,2-5H2,1H3,(H,12,13,14,15);6H,1-5H2,(H,12,13,14,15);5H,1-4H2,(H,11,12,13,14);5H,1-4H2,(H,11,12,13,14). The van der Waals surface area contributed by atoms with E-state index in [4.69, 9.17) is 74.3 Å². The molecule has 28 nitrogen and oxygen atoms in total. The molecule has 0 amide bonds. The number of H-pyrrole nitrogens is 5. The molecule has 10 aromatic heterocycles. The third kappa shape index (κ3) is 14.1. The summed E-state index contributed by atoms with van der Waals surface area (Å²) in [5.74, 6) is 4.22. The summed E-state index contributed by atoms with van der Waals surface area (Å²) in [6.45, 7) is 16.6. The number of hydrogen-bond acceptors (Lipinski definition) is 23. The van der Waals surface area contributed by atoms with E-state index in [1.807, 2.05) is 12.1 Å².